The fourth-order valence-corrected chi connectivity index (χ4v) is 2.51. The van der Waals surface area contributed by atoms with Gasteiger partial charge in [-0.1, -0.05) is 0 Å². The van der Waals surface area contributed by atoms with E-state index >= 15 is 0 Å². The molecule has 1 atom stereocenters. The maximum atomic E-state index is 11.8. The highest BCUT2D eigenvalue weighted by Crippen LogP contribution is 2.29. The number of likely N-dealkylation sites (tertiary alicyclic amines) is 1. The zero-order chi connectivity index (χ0) is 15.0. The second kappa shape index (κ2) is 8.18. The molecule has 7 heteroatoms. The number of hydrogen-bond acceptors (Lipinski definition) is 5. The molecule has 7 nitrogen and oxygen atoms in total. The smallest absolute Gasteiger partial charge is 0.326 e. The fourth-order valence-electron chi connectivity index (χ4n) is 2.51. The van der Waals surface area contributed by atoms with Crippen molar-refractivity contribution in [2.75, 3.05) is 46.6 Å². The largest absolute Gasteiger partial charge is 0.480 e. The van der Waals surface area contributed by atoms with Gasteiger partial charge >= 0.3 is 5.97 Å². The average Bonchev–Trinajstić information content (AvgIpc) is 2.79. The molecule has 1 rings (SSSR count). The Kier molecular flexibility index (Phi) is 6.90. The third-order valence-electron chi connectivity index (χ3n) is 3.51. The van der Waals surface area contributed by atoms with E-state index in [-0.39, 0.29) is 19.1 Å². The molecule has 1 unspecified atom stereocenters. The first-order valence-electron chi connectivity index (χ1n) is 6.88. The summed E-state index contributed by atoms with van der Waals surface area (Å²) in [6.07, 6.45) is 1.25. The molecule has 2 N–H and O–H groups in total. The molecular weight excluding hydrogens is 264 g/mol. The van der Waals surface area contributed by atoms with Gasteiger partial charge in [-0.25, -0.2) is 0 Å². The SMILES string of the molecule is CCOCCNC(=O)CN1CCCC1(COC)C(=O)O. The van der Waals surface area contributed by atoms with E-state index in [1.54, 1.807) is 4.90 Å². The zero-order valence-corrected chi connectivity index (χ0v) is 12.2. The van der Waals surface area contributed by atoms with E-state index in [2.05, 4.69) is 5.32 Å². The van der Waals surface area contributed by atoms with E-state index in [1.165, 1.54) is 7.11 Å². The first-order chi connectivity index (χ1) is 9.56. The molecule has 0 saturated carbocycles. The summed E-state index contributed by atoms with van der Waals surface area (Å²) in [7, 11) is 1.48. The fraction of sp³-hybridized carbons (Fsp3) is 0.846. The van der Waals surface area contributed by atoms with Crippen LogP contribution in [0.4, 0.5) is 0 Å². The van der Waals surface area contributed by atoms with Gasteiger partial charge in [-0.05, 0) is 26.3 Å². The number of aliphatic carboxylic acids is 1. The van der Waals surface area contributed by atoms with Crippen LogP contribution in [0.2, 0.25) is 0 Å². The number of nitrogens with one attached hydrogen (secondary N) is 1. The van der Waals surface area contributed by atoms with Crippen LogP contribution in [-0.2, 0) is 19.1 Å². The van der Waals surface area contributed by atoms with Gasteiger partial charge in [-0.15, -0.1) is 0 Å². The predicted octanol–water partition coefficient (Wildman–Crippen LogP) is -0.295. The number of carboxylic acids is 1. The number of hydrogen-bond donors (Lipinski definition) is 2. The molecule has 0 aromatic carbocycles. The maximum Gasteiger partial charge on any atom is 0.326 e. The summed E-state index contributed by atoms with van der Waals surface area (Å²) in [6.45, 7) is 4.15. The van der Waals surface area contributed by atoms with E-state index in [0.717, 1.165) is 6.42 Å². The molecule has 1 fully saturated rings. The Bertz CT molecular complexity index is 337. The van der Waals surface area contributed by atoms with Crippen molar-refractivity contribution < 1.29 is 24.2 Å². The summed E-state index contributed by atoms with van der Waals surface area (Å²) in [5, 5.41) is 12.2. The Morgan fingerprint density at radius 2 is 2.20 bits per heavy atom. The standard InChI is InChI=1S/C13H24N2O5/c1-3-20-8-6-14-11(16)9-15-7-4-5-13(15,10-19-2)12(17)18/h3-10H2,1-2H3,(H,14,16)(H,17,18). The van der Waals surface area contributed by atoms with Gasteiger partial charge in [0.05, 0.1) is 19.8 Å². The van der Waals surface area contributed by atoms with E-state index in [1.807, 2.05) is 6.92 Å². The quantitative estimate of drug-likeness (QED) is 0.567. The minimum atomic E-state index is -1.08. The number of ether oxygens (including phenoxy) is 2. The summed E-state index contributed by atoms with van der Waals surface area (Å²) in [4.78, 5) is 25.1. The van der Waals surface area contributed by atoms with Crippen LogP contribution < -0.4 is 5.32 Å². The van der Waals surface area contributed by atoms with Gasteiger partial charge in [-0.3, -0.25) is 14.5 Å². The van der Waals surface area contributed by atoms with E-state index in [0.29, 0.717) is 32.7 Å². The highest BCUT2D eigenvalue weighted by Gasteiger charge is 2.48. The Morgan fingerprint density at radius 1 is 1.45 bits per heavy atom. The number of carbonyl (C=O) groups excluding carboxylic acids is 1. The lowest BCUT2D eigenvalue weighted by Crippen LogP contribution is -2.56. The molecule has 0 aliphatic carbocycles. The summed E-state index contributed by atoms with van der Waals surface area (Å²) >= 11 is 0. The highest BCUT2D eigenvalue weighted by atomic mass is 16.5. The van der Waals surface area contributed by atoms with Crippen molar-refractivity contribution in [1.82, 2.24) is 10.2 Å². The number of carbonyl (C=O) groups is 2. The molecule has 0 radical (unpaired) electrons. The van der Waals surface area contributed by atoms with E-state index in [4.69, 9.17) is 9.47 Å². The molecular formula is C13H24N2O5. The minimum absolute atomic E-state index is 0.0712. The van der Waals surface area contributed by atoms with Gasteiger partial charge < -0.3 is 19.9 Å². The lowest BCUT2D eigenvalue weighted by atomic mass is 9.97. The molecule has 1 amide bonds. The van der Waals surface area contributed by atoms with Crippen molar-refractivity contribution in [1.29, 1.82) is 0 Å². The second-order valence-electron chi connectivity index (χ2n) is 4.84. The first-order valence-corrected chi connectivity index (χ1v) is 6.88. The van der Waals surface area contributed by atoms with Crippen molar-refractivity contribution >= 4 is 11.9 Å². The molecule has 0 aromatic heterocycles. The van der Waals surface area contributed by atoms with Crippen LogP contribution in [0.1, 0.15) is 19.8 Å². The summed E-state index contributed by atoms with van der Waals surface area (Å²) in [6, 6.07) is 0. The molecule has 1 aliphatic heterocycles. The van der Waals surface area contributed by atoms with Gasteiger partial charge in [0.2, 0.25) is 5.91 Å². The van der Waals surface area contributed by atoms with Crippen LogP contribution in [0.15, 0.2) is 0 Å². The number of amides is 1. The average molecular weight is 288 g/mol. The van der Waals surface area contributed by atoms with Gasteiger partial charge in [0.15, 0.2) is 0 Å². The van der Waals surface area contributed by atoms with Crippen molar-refractivity contribution in [3.05, 3.63) is 0 Å². The van der Waals surface area contributed by atoms with Crippen LogP contribution >= 0.6 is 0 Å². The molecule has 1 saturated heterocycles. The summed E-state index contributed by atoms with van der Waals surface area (Å²) < 4.78 is 10.2. The molecule has 1 heterocycles. The topological polar surface area (TPSA) is 88.1 Å². The van der Waals surface area contributed by atoms with Crippen molar-refractivity contribution in [2.24, 2.45) is 0 Å². The number of nitrogens with zero attached hydrogens (tertiary/aromatic N) is 1. The van der Waals surface area contributed by atoms with Crippen LogP contribution in [0.25, 0.3) is 0 Å². The Hall–Kier alpha value is -1.18. The van der Waals surface area contributed by atoms with Crippen LogP contribution in [0, 0.1) is 0 Å². The third kappa shape index (κ3) is 4.16. The summed E-state index contributed by atoms with van der Waals surface area (Å²) in [5.41, 5.74) is -1.08. The maximum absolute atomic E-state index is 11.8. The monoisotopic (exact) mass is 288 g/mol. The Morgan fingerprint density at radius 3 is 2.80 bits per heavy atom. The second-order valence-corrected chi connectivity index (χ2v) is 4.84. The van der Waals surface area contributed by atoms with Crippen molar-refractivity contribution in [3.8, 4) is 0 Å². The normalized spacial score (nSPS) is 22.9. The van der Waals surface area contributed by atoms with Gasteiger partial charge in [0.25, 0.3) is 0 Å². The first kappa shape index (κ1) is 16.9. The summed E-state index contributed by atoms with van der Waals surface area (Å²) in [5.74, 6) is -1.12. The molecule has 0 aromatic rings. The van der Waals surface area contributed by atoms with Gasteiger partial charge in [0, 0.05) is 20.3 Å². The highest BCUT2D eigenvalue weighted by molar-refractivity contribution is 5.82. The molecule has 116 valence electrons. The lowest BCUT2D eigenvalue weighted by Gasteiger charge is -2.33. The van der Waals surface area contributed by atoms with Crippen LogP contribution in [-0.4, -0.2) is 74.0 Å². The molecule has 20 heavy (non-hydrogen) atoms. The van der Waals surface area contributed by atoms with Gasteiger partial charge in [0.1, 0.15) is 5.54 Å². The van der Waals surface area contributed by atoms with Crippen LogP contribution in [0.3, 0.4) is 0 Å². The Labute approximate surface area is 119 Å². The van der Waals surface area contributed by atoms with E-state index in [9.17, 15) is 14.7 Å². The zero-order valence-electron chi connectivity index (χ0n) is 12.2. The lowest BCUT2D eigenvalue weighted by molar-refractivity contribution is -0.154. The van der Waals surface area contributed by atoms with Crippen molar-refractivity contribution in [2.45, 2.75) is 25.3 Å². The Balaban J connectivity index is 2.51. The van der Waals surface area contributed by atoms with Crippen LogP contribution in [0.5, 0.6) is 0 Å². The van der Waals surface area contributed by atoms with Crippen molar-refractivity contribution in [3.63, 3.8) is 0 Å². The van der Waals surface area contributed by atoms with E-state index < -0.39 is 11.5 Å². The number of methoxy groups -OCH3 is 1. The third-order valence-corrected chi connectivity index (χ3v) is 3.51. The molecule has 1 aliphatic rings. The minimum Gasteiger partial charge on any atom is -0.480 e. The number of rotatable bonds is 9. The number of carboxylic acid groups (broad SMARTS) is 1. The van der Waals surface area contributed by atoms with Gasteiger partial charge in [-0.2, -0.15) is 0 Å². The molecule has 0 spiro atoms. The molecule has 0 bridgehead atoms. The predicted molar refractivity (Wildman–Crippen MR) is 72.6 cm³/mol.